The molecule has 0 unspecified atom stereocenters. The lowest BCUT2D eigenvalue weighted by Gasteiger charge is -2.17. The minimum Gasteiger partial charge on any atom is -0.474 e. The number of hydrogen-bond donors (Lipinski definition) is 2. The Morgan fingerprint density at radius 2 is 1.92 bits per heavy atom. The normalized spacial score (nSPS) is 12.5. The van der Waals surface area contributed by atoms with Crippen molar-refractivity contribution in [3.05, 3.63) is 47.6 Å². The van der Waals surface area contributed by atoms with Crippen LogP contribution in [-0.2, 0) is 20.3 Å². The van der Waals surface area contributed by atoms with Crippen LogP contribution in [-0.4, -0.2) is 47.2 Å². The number of anilines is 2. The molecule has 0 spiro atoms. The van der Waals surface area contributed by atoms with Gasteiger partial charge in [0.25, 0.3) is 0 Å². The van der Waals surface area contributed by atoms with Crippen LogP contribution in [0, 0.1) is 0 Å². The third kappa shape index (κ3) is 5.51. The lowest BCUT2D eigenvalue weighted by Crippen LogP contribution is -2.19. The summed E-state index contributed by atoms with van der Waals surface area (Å²) in [4.78, 5) is 12.5. The first kappa shape index (κ1) is 25.2. The molecule has 14 heteroatoms. The molecule has 10 nitrogen and oxygen atoms in total. The molecule has 3 N–H and O–H groups in total. The van der Waals surface area contributed by atoms with Crippen molar-refractivity contribution in [1.82, 2.24) is 34.5 Å². The molecule has 1 atom stereocenters. The molecule has 190 valence electrons. The SMILES string of the molecule is C[C@@H](CCNc1cc(Cl)ncc1-c1cc(C(F)(F)F)n(C)n1)Oc1c(-c2nccc(N)n2)cnn1C. The number of nitrogens with zero attached hydrogens (tertiary/aromatic N) is 7. The van der Waals surface area contributed by atoms with Gasteiger partial charge < -0.3 is 15.8 Å². The highest BCUT2D eigenvalue weighted by atomic mass is 35.5. The van der Waals surface area contributed by atoms with E-state index in [1.54, 1.807) is 36.3 Å². The van der Waals surface area contributed by atoms with Gasteiger partial charge in [-0.15, -0.1) is 0 Å². The monoisotopic (exact) mass is 521 g/mol. The van der Waals surface area contributed by atoms with Gasteiger partial charge in [-0.3, -0.25) is 4.68 Å². The van der Waals surface area contributed by atoms with E-state index >= 15 is 0 Å². The number of nitrogen functional groups attached to an aromatic ring is 1. The Labute approximate surface area is 209 Å². The highest BCUT2D eigenvalue weighted by Crippen LogP contribution is 2.35. The van der Waals surface area contributed by atoms with E-state index in [0.29, 0.717) is 47.3 Å². The second kappa shape index (κ2) is 10.0. The Balaban J connectivity index is 1.46. The van der Waals surface area contributed by atoms with Gasteiger partial charge in [-0.2, -0.15) is 23.4 Å². The van der Waals surface area contributed by atoms with Crippen LogP contribution in [0.5, 0.6) is 5.88 Å². The molecular weight excluding hydrogens is 499 g/mol. The first-order valence-corrected chi connectivity index (χ1v) is 11.2. The molecule has 0 radical (unpaired) electrons. The third-order valence-electron chi connectivity index (χ3n) is 5.30. The summed E-state index contributed by atoms with van der Waals surface area (Å²) < 4.78 is 48.2. The van der Waals surface area contributed by atoms with Gasteiger partial charge in [0.15, 0.2) is 5.82 Å². The Kier molecular flexibility index (Phi) is 7.02. The zero-order valence-corrected chi connectivity index (χ0v) is 20.3. The molecule has 0 saturated carbocycles. The molecular formula is C22H23ClF3N9O. The maximum Gasteiger partial charge on any atom is 0.433 e. The summed E-state index contributed by atoms with van der Waals surface area (Å²) in [5.74, 6) is 1.20. The molecule has 0 bridgehead atoms. The lowest BCUT2D eigenvalue weighted by atomic mass is 10.1. The molecule has 0 saturated heterocycles. The van der Waals surface area contributed by atoms with Crippen LogP contribution >= 0.6 is 11.6 Å². The van der Waals surface area contributed by atoms with Crippen LogP contribution in [0.1, 0.15) is 19.0 Å². The Morgan fingerprint density at radius 3 is 2.61 bits per heavy atom. The summed E-state index contributed by atoms with van der Waals surface area (Å²) in [6, 6.07) is 4.11. The number of rotatable bonds is 8. The number of aryl methyl sites for hydroxylation is 2. The quantitative estimate of drug-likeness (QED) is 0.331. The van der Waals surface area contributed by atoms with Gasteiger partial charge in [-0.25, -0.2) is 19.6 Å². The van der Waals surface area contributed by atoms with Gasteiger partial charge in [0.1, 0.15) is 22.2 Å². The Morgan fingerprint density at radius 1 is 1.14 bits per heavy atom. The second-order valence-electron chi connectivity index (χ2n) is 8.02. The Hall–Kier alpha value is -3.87. The maximum atomic E-state index is 13.2. The van der Waals surface area contributed by atoms with Gasteiger partial charge in [-0.05, 0) is 25.1 Å². The van der Waals surface area contributed by atoms with Gasteiger partial charge in [0, 0.05) is 50.7 Å². The fourth-order valence-corrected chi connectivity index (χ4v) is 3.68. The Bertz CT molecular complexity index is 1370. The van der Waals surface area contributed by atoms with E-state index in [4.69, 9.17) is 22.1 Å². The van der Waals surface area contributed by atoms with Crippen LogP contribution in [0.4, 0.5) is 24.7 Å². The number of aromatic nitrogens is 7. The summed E-state index contributed by atoms with van der Waals surface area (Å²) in [5.41, 5.74) is 6.53. The van der Waals surface area contributed by atoms with Crippen LogP contribution in [0.15, 0.2) is 36.8 Å². The summed E-state index contributed by atoms with van der Waals surface area (Å²) in [5, 5.41) is 11.6. The van der Waals surface area contributed by atoms with Crippen LogP contribution in [0.25, 0.3) is 22.6 Å². The molecule has 0 amide bonds. The van der Waals surface area contributed by atoms with E-state index in [2.05, 4.69) is 30.5 Å². The summed E-state index contributed by atoms with van der Waals surface area (Å²) in [7, 11) is 2.98. The van der Waals surface area contributed by atoms with E-state index in [0.717, 1.165) is 10.7 Å². The highest BCUT2D eigenvalue weighted by molar-refractivity contribution is 6.29. The number of alkyl halides is 3. The van der Waals surface area contributed by atoms with Crippen LogP contribution < -0.4 is 15.8 Å². The van der Waals surface area contributed by atoms with E-state index < -0.39 is 11.9 Å². The standard InChI is InChI=1S/C22H23ClF3N9O/c1-12(36-21-14(11-31-35(21)3)20-29-7-5-19(27)32-20)4-6-28-15-9-18(23)30-10-13(15)16-8-17(22(24,25)26)34(2)33-16/h5,7-12H,4,6H2,1-3H3,(H,28,30)(H2,27,29,32)/t12-/m0/s1. The van der Waals surface area contributed by atoms with Crippen molar-refractivity contribution in [3.63, 3.8) is 0 Å². The molecule has 0 aliphatic carbocycles. The summed E-state index contributed by atoms with van der Waals surface area (Å²) >= 11 is 6.04. The average molecular weight is 522 g/mol. The molecule has 0 aliphatic heterocycles. The van der Waals surface area contributed by atoms with E-state index in [9.17, 15) is 13.2 Å². The van der Waals surface area contributed by atoms with Gasteiger partial charge in [0.2, 0.25) is 5.88 Å². The average Bonchev–Trinajstić information content (AvgIpc) is 3.36. The zero-order chi connectivity index (χ0) is 26.0. The minimum atomic E-state index is -4.53. The largest absolute Gasteiger partial charge is 0.474 e. The van der Waals surface area contributed by atoms with Crippen molar-refractivity contribution in [2.45, 2.75) is 25.6 Å². The van der Waals surface area contributed by atoms with E-state index in [1.165, 1.54) is 13.2 Å². The first-order valence-electron chi connectivity index (χ1n) is 10.8. The van der Waals surface area contributed by atoms with E-state index in [-0.39, 0.29) is 17.0 Å². The van der Waals surface area contributed by atoms with Gasteiger partial charge >= 0.3 is 6.18 Å². The van der Waals surface area contributed by atoms with Crippen molar-refractivity contribution in [2.24, 2.45) is 14.1 Å². The fourth-order valence-electron chi connectivity index (χ4n) is 3.53. The number of hydrogen-bond acceptors (Lipinski definition) is 8. The highest BCUT2D eigenvalue weighted by Gasteiger charge is 2.35. The number of nitrogens with one attached hydrogen (secondary N) is 1. The predicted octanol–water partition coefficient (Wildman–Crippen LogP) is 4.20. The van der Waals surface area contributed by atoms with Crippen molar-refractivity contribution < 1.29 is 17.9 Å². The number of ether oxygens (including phenoxy) is 1. The molecule has 4 aromatic heterocycles. The van der Waals surface area contributed by atoms with Crippen molar-refractivity contribution in [2.75, 3.05) is 17.6 Å². The predicted molar refractivity (Wildman–Crippen MR) is 128 cm³/mol. The molecule has 4 rings (SSSR count). The molecule has 36 heavy (non-hydrogen) atoms. The molecule has 4 aromatic rings. The topological polar surface area (TPSA) is 122 Å². The van der Waals surface area contributed by atoms with Crippen LogP contribution in [0.3, 0.4) is 0 Å². The van der Waals surface area contributed by atoms with Crippen molar-refractivity contribution in [3.8, 4) is 28.5 Å². The maximum absolute atomic E-state index is 13.2. The fraction of sp³-hybridized carbons (Fsp3) is 0.318. The molecule has 0 aliphatic rings. The second-order valence-corrected chi connectivity index (χ2v) is 8.41. The van der Waals surface area contributed by atoms with Crippen molar-refractivity contribution >= 4 is 23.1 Å². The molecule has 4 heterocycles. The third-order valence-corrected chi connectivity index (χ3v) is 5.51. The van der Waals surface area contributed by atoms with Crippen LogP contribution in [0.2, 0.25) is 5.15 Å². The number of pyridine rings is 1. The van der Waals surface area contributed by atoms with Gasteiger partial charge in [0.05, 0.1) is 18.0 Å². The van der Waals surface area contributed by atoms with Crippen molar-refractivity contribution in [1.29, 1.82) is 0 Å². The molecule has 0 aromatic carbocycles. The van der Waals surface area contributed by atoms with E-state index in [1.807, 2.05) is 6.92 Å². The number of nitrogens with two attached hydrogens (primary N) is 1. The first-order chi connectivity index (χ1) is 17.0. The summed E-state index contributed by atoms with van der Waals surface area (Å²) in [6.45, 7) is 2.31. The van der Waals surface area contributed by atoms with Gasteiger partial charge in [-0.1, -0.05) is 11.6 Å². The zero-order valence-electron chi connectivity index (χ0n) is 19.6. The minimum absolute atomic E-state index is 0.127. The molecule has 0 fully saturated rings. The number of halogens is 4. The summed E-state index contributed by atoms with van der Waals surface area (Å²) in [6.07, 6.45) is 0.292. The lowest BCUT2D eigenvalue weighted by molar-refractivity contribution is -0.143. The smallest absolute Gasteiger partial charge is 0.433 e.